The number of carbonyl (C=O) groups is 1. The van der Waals surface area contributed by atoms with Crippen LogP contribution in [-0.4, -0.2) is 12.0 Å². The van der Waals surface area contributed by atoms with Crippen molar-refractivity contribution < 1.29 is 18.0 Å². The van der Waals surface area contributed by atoms with Crippen LogP contribution >= 0.6 is 0 Å². The highest BCUT2D eigenvalue weighted by atomic mass is 19.4. The summed E-state index contributed by atoms with van der Waals surface area (Å²) in [6.45, 7) is 3.14. The Hall–Kier alpha value is -1.00. The maximum Gasteiger partial charge on any atom is 0.454 e. The summed E-state index contributed by atoms with van der Waals surface area (Å²) in [6, 6.07) is 0. The van der Waals surface area contributed by atoms with Crippen LogP contribution in [0.4, 0.5) is 13.2 Å². The highest BCUT2D eigenvalue weighted by molar-refractivity contribution is 6.02. The van der Waals surface area contributed by atoms with Gasteiger partial charge in [-0.2, -0.15) is 13.2 Å². The number of nitrogens with two attached hydrogens (primary N) is 1. The molecule has 1 rings (SSSR count). The van der Waals surface area contributed by atoms with Crippen molar-refractivity contribution in [2.75, 3.05) is 0 Å². The van der Waals surface area contributed by atoms with Crippen molar-refractivity contribution in [3.8, 4) is 0 Å². The second-order valence-electron chi connectivity index (χ2n) is 3.79. The van der Waals surface area contributed by atoms with E-state index in [1.807, 2.05) is 0 Å². The third kappa shape index (κ3) is 1.55. The van der Waals surface area contributed by atoms with Gasteiger partial charge in [0.15, 0.2) is 0 Å². The summed E-state index contributed by atoms with van der Waals surface area (Å²) in [4.78, 5) is 10.8. The number of halogens is 3. The Balaban J connectivity index is 2.99. The van der Waals surface area contributed by atoms with E-state index in [9.17, 15) is 18.0 Å². The molecule has 0 unspecified atom stereocenters. The second-order valence-corrected chi connectivity index (χ2v) is 3.79. The molecule has 0 bridgehead atoms. The van der Waals surface area contributed by atoms with Gasteiger partial charge in [-0.15, -0.1) is 0 Å². The molecule has 0 atom stereocenters. The molecule has 0 aliphatic heterocycles. The fourth-order valence-electron chi connectivity index (χ4n) is 1.58. The van der Waals surface area contributed by atoms with Gasteiger partial charge in [0.1, 0.15) is 0 Å². The lowest BCUT2D eigenvalue weighted by atomic mass is 9.67. The molecule has 0 saturated carbocycles. The standard InChI is InChI=1S/C8H10F3NO/c1-7(2)3-4(12)5(7)6(13)8(9,10)11/h3,12H2,1-2H3. The Kier molecular flexibility index (Phi) is 1.93. The van der Waals surface area contributed by atoms with E-state index in [4.69, 9.17) is 5.73 Å². The summed E-state index contributed by atoms with van der Waals surface area (Å²) < 4.78 is 36.0. The topological polar surface area (TPSA) is 43.1 Å². The predicted octanol–water partition coefficient (Wildman–Crippen LogP) is 1.76. The van der Waals surface area contributed by atoms with Gasteiger partial charge in [0.05, 0.1) is 0 Å². The molecule has 1 aliphatic rings. The Labute approximate surface area is 73.6 Å². The zero-order valence-corrected chi connectivity index (χ0v) is 7.33. The predicted molar refractivity (Wildman–Crippen MR) is 40.7 cm³/mol. The van der Waals surface area contributed by atoms with Crippen molar-refractivity contribution in [1.82, 2.24) is 0 Å². The fourth-order valence-corrected chi connectivity index (χ4v) is 1.58. The fraction of sp³-hybridized carbons (Fsp3) is 0.625. The number of ketones is 1. The molecule has 0 fully saturated rings. The minimum absolute atomic E-state index is 0.0623. The molecule has 5 heteroatoms. The first-order chi connectivity index (χ1) is 5.66. The van der Waals surface area contributed by atoms with Crippen molar-refractivity contribution in [2.24, 2.45) is 11.1 Å². The molecular formula is C8H10F3NO. The normalized spacial score (nSPS) is 21.3. The van der Waals surface area contributed by atoms with Crippen molar-refractivity contribution in [1.29, 1.82) is 0 Å². The number of carbonyl (C=O) groups excluding carboxylic acids is 1. The van der Waals surface area contributed by atoms with Crippen LogP contribution in [0.1, 0.15) is 20.3 Å². The molecule has 0 aromatic heterocycles. The van der Waals surface area contributed by atoms with E-state index >= 15 is 0 Å². The molecule has 2 N–H and O–H groups in total. The summed E-state index contributed by atoms with van der Waals surface area (Å²) >= 11 is 0. The van der Waals surface area contributed by atoms with Gasteiger partial charge >= 0.3 is 6.18 Å². The van der Waals surface area contributed by atoms with E-state index in [0.29, 0.717) is 6.42 Å². The molecule has 0 aromatic rings. The van der Waals surface area contributed by atoms with E-state index < -0.39 is 17.4 Å². The highest BCUT2D eigenvalue weighted by Crippen LogP contribution is 2.46. The third-order valence-corrected chi connectivity index (χ3v) is 2.11. The summed E-state index contributed by atoms with van der Waals surface area (Å²) in [5, 5.41) is 0. The zero-order chi connectivity index (χ0) is 10.4. The Bertz CT molecular complexity index is 288. The van der Waals surface area contributed by atoms with Crippen LogP contribution in [0.5, 0.6) is 0 Å². The molecule has 0 amide bonds. The van der Waals surface area contributed by atoms with Gasteiger partial charge in [-0.25, -0.2) is 0 Å². The number of allylic oxidation sites excluding steroid dienone is 2. The van der Waals surface area contributed by atoms with Gasteiger partial charge in [-0.3, -0.25) is 4.79 Å². The molecule has 1 aliphatic carbocycles. The quantitative estimate of drug-likeness (QED) is 0.689. The summed E-state index contributed by atoms with van der Waals surface area (Å²) in [5.74, 6) is -1.80. The minimum atomic E-state index is -4.81. The first kappa shape index (κ1) is 10.1. The van der Waals surface area contributed by atoms with Crippen molar-refractivity contribution in [3.05, 3.63) is 11.3 Å². The lowest BCUT2D eigenvalue weighted by Gasteiger charge is -2.38. The zero-order valence-electron chi connectivity index (χ0n) is 7.33. The van der Waals surface area contributed by atoms with Crippen LogP contribution in [0.15, 0.2) is 11.3 Å². The van der Waals surface area contributed by atoms with Crippen molar-refractivity contribution in [2.45, 2.75) is 26.4 Å². The van der Waals surface area contributed by atoms with Crippen LogP contribution < -0.4 is 5.73 Å². The molecule has 2 nitrogen and oxygen atoms in total. The molecule has 0 heterocycles. The summed E-state index contributed by atoms with van der Waals surface area (Å²) in [6.07, 6.45) is -4.46. The van der Waals surface area contributed by atoms with E-state index in [1.165, 1.54) is 0 Å². The van der Waals surface area contributed by atoms with Gasteiger partial charge in [-0.1, -0.05) is 13.8 Å². The summed E-state index contributed by atoms with van der Waals surface area (Å²) in [5.41, 5.74) is 4.31. The number of alkyl halides is 3. The lowest BCUT2D eigenvalue weighted by molar-refractivity contribution is -0.168. The van der Waals surface area contributed by atoms with Gasteiger partial charge in [0.25, 0.3) is 5.78 Å². The van der Waals surface area contributed by atoms with E-state index in [0.717, 1.165) is 0 Å². The maximum absolute atomic E-state index is 12.0. The van der Waals surface area contributed by atoms with E-state index in [-0.39, 0.29) is 11.3 Å². The molecule has 0 saturated heterocycles. The number of rotatable bonds is 1. The maximum atomic E-state index is 12.0. The van der Waals surface area contributed by atoms with Crippen LogP contribution in [-0.2, 0) is 4.79 Å². The van der Waals surface area contributed by atoms with Crippen LogP contribution in [0.3, 0.4) is 0 Å². The number of hydrogen-bond donors (Lipinski definition) is 1. The van der Waals surface area contributed by atoms with Crippen molar-refractivity contribution in [3.63, 3.8) is 0 Å². The smallest absolute Gasteiger partial charge is 0.402 e. The summed E-state index contributed by atoms with van der Waals surface area (Å²) in [7, 11) is 0. The monoisotopic (exact) mass is 193 g/mol. The Morgan fingerprint density at radius 2 is 1.92 bits per heavy atom. The van der Waals surface area contributed by atoms with Crippen LogP contribution in [0, 0.1) is 5.41 Å². The SMILES string of the molecule is CC1(C)CC(N)=C1C(=O)C(F)(F)F. The van der Waals surface area contributed by atoms with Crippen LogP contribution in [0.2, 0.25) is 0 Å². The van der Waals surface area contributed by atoms with Crippen LogP contribution in [0.25, 0.3) is 0 Å². The largest absolute Gasteiger partial charge is 0.454 e. The Morgan fingerprint density at radius 3 is 2.08 bits per heavy atom. The first-order valence-electron chi connectivity index (χ1n) is 3.77. The minimum Gasteiger partial charge on any atom is -0.402 e. The molecule has 74 valence electrons. The van der Waals surface area contributed by atoms with Gasteiger partial charge in [0.2, 0.25) is 0 Å². The third-order valence-electron chi connectivity index (χ3n) is 2.11. The molecule has 0 aromatic carbocycles. The van der Waals surface area contributed by atoms with Gasteiger partial charge in [-0.05, 0) is 6.42 Å². The number of hydrogen-bond acceptors (Lipinski definition) is 2. The van der Waals surface area contributed by atoms with E-state index in [1.54, 1.807) is 13.8 Å². The average Bonchev–Trinajstić information content (AvgIpc) is 1.82. The molecule has 13 heavy (non-hydrogen) atoms. The molecule has 0 spiro atoms. The average molecular weight is 193 g/mol. The first-order valence-corrected chi connectivity index (χ1v) is 3.77. The number of Topliss-reactive ketones (excluding diaryl/α,β-unsaturated/α-hetero) is 1. The van der Waals surface area contributed by atoms with Gasteiger partial charge in [0, 0.05) is 16.7 Å². The highest BCUT2D eigenvalue weighted by Gasteiger charge is 2.50. The van der Waals surface area contributed by atoms with Crippen molar-refractivity contribution >= 4 is 5.78 Å². The lowest BCUT2D eigenvalue weighted by Crippen LogP contribution is -2.41. The van der Waals surface area contributed by atoms with E-state index in [2.05, 4.69) is 0 Å². The van der Waals surface area contributed by atoms with Gasteiger partial charge < -0.3 is 5.73 Å². The molecule has 0 radical (unpaired) electrons. The molecular weight excluding hydrogens is 183 g/mol. The Morgan fingerprint density at radius 1 is 1.46 bits per heavy atom. The second kappa shape index (κ2) is 2.49.